The highest BCUT2D eigenvalue weighted by Crippen LogP contribution is 2.42. The molecule has 0 bridgehead atoms. The Balaban J connectivity index is 1.67. The molecule has 0 unspecified atom stereocenters. The fourth-order valence-corrected chi connectivity index (χ4v) is 4.72. The van der Waals surface area contributed by atoms with Gasteiger partial charge in [-0.1, -0.05) is 56.7 Å². The first kappa shape index (κ1) is 21.0. The number of fused-ring (bicyclic) bond motifs is 1. The Morgan fingerprint density at radius 1 is 1.00 bits per heavy atom. The van der Waals surface area contributed by atoms with E-state index in [1.54, 1.807) is 0 Å². The van der Waals surface area contributed by atoms with Crippen LogP contribution in [0.4, 0.5) is 5.69 Å². The van der Waals surface area contributed by atoms with Gasteiger partial charge in [0.1, 0.15) is 6.10 Å². The van der Waals surface area contributed by atoms with E-state index >= 15 is 0 Å². The van der Waals surface area contributed by atoms with Gasteiger partial charge >= 0.3 is 5.97 Å². The van der Waals surface area contributed by atoms with Gasteiger partial charge < -0.3 is 4.74 Å². The van der Waals surface area contributed by atoms with Gasteiger partial charge in [0, 0.05) is 18.1 Å². The molecular weight excluding hydrogens is 390 g/mol. The Morgan fingerprint density at radius 2 is 1.71 bits per heavy atom. The summed E-state index contributed by atoms with van der Waals surface area (Å²) in [6, 6.07) is 18.4. The first-order valence-corrected chi connectivity index (χ1v) is 10.9. The monoisotopic (exact) mass is 417 g/mol. The fourth-order valence-electron chi connectivity index (χ4n) is 4.72. The lowest BCUT2D eigenvalue weighted by Crippen LogP contribution is -2.29. The van der Waals surface area contributed by atoms with Crippen molar-refractivity contribution >= 4 is 22.4 Å². The molecule has 1 aliphatic rings. The number of hydrogen-bond donors (Lipinski definition) is 0. The van der Waals surface area contributed by atoms with E-state index in [1.807, 2.05) is 6.07 Å². The van der Waals surface area contributed by atoms with Gasteiger partial charge in [0.15, 0.2) is 0 Å². The zero-order valence-corrected chi connectivity index (χ0v) is 17.9. The lowest BCUT2D eigenvalue weighted by molar-refractivity contribution is -0.384. The number of benzene rings is 3. The average molecular weight is 418 g/mol. The maximum atomic E-state index is 12.9. The van der Waals surface area contributed by atoms with E-state index in [1.165, 1.54) is 46.2 Å². The number of non-ortho nitro benzene ring substituents is 1. The van der Waals surface area contributed by atoms with Crippen molar-refractivity contribution in [2.45, 2.75) is 57.5 Å². The van der Waals surface area contributed by atoms with Crippen molar-refractivity contribution in [2.24, 2.45) is 0 Å². The Labute approximate surface area is 182 Å². The van der Waals surface area contributed by atoms with Gasteiger partial charge in [-0.05, 0) is 59.2 Å². The molecule has 0 amide bonds. The molecule has 2 atom stereocenters. The van der Waals surface area contributed by atoms with Crippen molar-refractivity contribution in [2.75, 3.05) is 0 Å². The highest BCUT2D eigenvalue weighted by Gasteiger charge is 2.33. The zero-order chi connectivity index (χ0) is 22.0. The van der Waals surface area contributed by atoms with Crippen LogP contribution in [0.1, 0.15) is 72.9 Å². The van der Waals surface area contributed by atoms with Crippen LogP contribution in [0.3, 0.4) is 0 Å². The lowest BCUT2D eigenvalue weighted by Gasteiger charge is -2.34. The largest absolute Gasteiger partial charge is 0.458 e. The van der Waals surface area contributed by atoms with Crippen LogP contribution in [0.15, 0.2) is 60.7 Å². The Kier molecular flexibility index (Phi) is 6.03. The van der Waals surface area contributed by atoms with Gasteiger partial charge in [-0.3, -0.25) is 10.1 Å². The molecule has 160 valence electrons. The second-order valence-corrected chi connectivity index (χ2v) is 8.58. The van der Waals surface area contributed by atoms with Crippen molar-refractivity contribution in [3.63, 3.8) is 0 Å². The zero-order valence-electron chi connectivity index (χ0n) is 17.9. The first-order chi connectivity index (χ1) is 15.0. The summed E-state index contributed by atoms with van der Waals surface area (Å²) in [5.41, 5.74) is 2.91. The number of nitrogens with zero attached hydrogens (tertiary/aromatic N) is 1. The number of carbonyl (C=O) groups is 1. The molecule has 5 heteroatoms. The molecule has 1 aliphatic carbocycles. The molecule has 31 heavy (non-hydrogen) atoms. The molecule has 0 aliphatic heterocycles. The first-order valence-electron chi connectivity index (χ1n) is 10.9. The Bertz CT molecular complexity index is 1100. The third kappa shape index (κ3) is 4.31. The third-order valence-electron chi connectivity index (χ3n) is 6.27. The molecule has 0 heterocycles. The van der Waals surface area contributed by atoms with Crippen molar-refractivity contribution in [3.05, 3.63) is 87.5 Å². The SMILES string of the molecule is CC(C)c1ccc2ccccc2c1[C@@H]1CCCC[C@@H]1OC(=O)c1ccc([N+](=O)[O-])cc1. The van der Waals surface area contributed by atoms with E-state index in [-0.39, 0.29) is 17.7 Å². The number of hydrogen-bond acceptors (Lipinski definition) is 4. The van der Waals surface area contributed by atoms with Gasteiger partial charge in [0.05, 0.1) is 10.5 Å². The lowest BCUT2D eigenvalue weighted by atomic mass is 9.76. The second-order valence-electron chi connectivity index (χ2n) is 8.58. The number of esters is 1. The van der Waals surface area contributed by atoms with Crippen LogP contribution in [0, 0.1) is 10.1 Å². The summed E-state index contributed by atoms with van der Waals surface area (Å²) in [5.74, 6) is 0.0879. The smallest absolute Gasteiger partial charge is 0.338 e. The molecule has 3 aromatic rings. The van der Waals surface area contributed by atoms with E-state index in [0.29, 0.717) is 11.5 Å². The van der Waals surface area contributed by atoms with Crippen molar-refractivity contribution in [3.8, 4) is 0 Å². The van der Waals surface area contributed by atoms with Crippen LogP contribution in [0.5, 0.6) is 0 Å². The molecule has 0 aromatic heterocycles. The van der Waals surface area contributed by atoms with Crippen molar-refractivity contribution in [1.29, 1.82) is 0 Å². The minimum Gasteiger partial charge on any atom is -0.458 e. The standard InChI is InChI=1S/C26H27NO4/c1-17(2)21-16-13-18-7-3-4-8-22(18)25(21)23-9-5-6-10-24(23)31-26(28)19-11-14-20(15-12-19)27(29)30/h3-4,7-8,11-17,23-24H,5-6,9-10H2,1-2H3/t23-,24+/m1/s1. The number of nitro benzene ring substituents is 1. The Morgan fingerprint density at radius 3 is 2.42 bits per heavy atom. The minimum absolute atomic E-state index is 0.0376. The number of rotatable bonds is 5. The molecule has 5 nitrogen and oxygen atoms in total. The molecule has 1 fully saturated rings. The number of ether oxygens (including phenoxy) is 1. The summed E-state index contributed by atoms with van der Waals surface area (Å²) < 4.78 is 6.02. The molecule has 4 rings (SSSR count). The third-order valence-corrected chi connectivity index (χ3v) is 6.27. The van der Waals surface area contributed by atoms with Crippen LogP contribution >= 0.6 is 0 Å². The topological polar surface area (TPSA) is 69.4 Å². The van der Waals surface area contributed by atoms with Gasteiger partial charge in [-0.2, -0.15) is 0 Å². The molecule has 0 N–H and O–H groups in total. The molecule has 0 saturated heterocycles. The van der Waals surface area contributed by atoms with E-state index in [4.69, 9.17) is 4.74 Å². The van der Waals surface area contributed by atoms with E-state index in [9.17, 15) is 14.9 Å². The second kappa shape index (κ2) is 8.88. The summed E-state index contributed by atoms with van der Waals surface area (Å²) in [4.78, 5) is 23.3. The highest BCUT2D eigenvalue weighted by molar-refractivity contribution is 5.90. The summed E-state index contributed by atoms with van der Waals surface area (Å²) in [7, 11) is 0. The normalized spacial score (nSPS) is 18.8. The van der Waals surface area contributed by atoms with Crippen LogP contribution in [-0.2, 0) is 4.74 Å². The summed E-state index contributed by atoms with van der Waals surface area (Å²) in [5, 5.41) is 13.3. The van der Waals surface area contributed by atoms with Gasteiger partial charge in [-0.25, -0.2) is 4.79 Å². The summed E-state index contributed by atoms with van der Waals surface area (Å²) in [6.45, 7) is 4.41. The molecule has 1 saturated carbocycles. The Hall–Kier alpha value is -3.21. The van der Waals surface area contributed by atoms with E-state index in [2.05, 4.69) is 44.2 Å². The highest BCUT2D eigenvalue weighted by atomic mass is 16.6. The predicted molar refractivity (Wildman–Crippen MR) is 122 cm³/mol. The predicted octanol–water partition coefficient (Wildman–Crippen LogP) is 6.75. The van der Waals surface area contributed by atoms with Crippen LogP contribution in [-0.4, -0.2) is 17.0 Å². The van der Waals surface area contributed by atoms with Crippen molar-refractivity contribution < 1.29 is 14.5 Å². The molecule has 0 spiro atoms. The van der Waals surface area contributed by atoms with E-state index in [0.717, 1.165) is 25.7 Å². The van der Waals surface area contributed by atoms with Gasteiger partial charge in [-0.15, -0.1) is 0 Å². The van der Waals surface area contributed by atoms with Crippen LogP contribution in [0.2, 0.25) is 0 Å². The molecular formula is C26H27NO4. The maximum absolute atomic E-state index is 12.9. The van der Waals surface area contributed by atoms with Crippen LogP contribution in [0.25, 0.3) is 10.8 Å². The summed E-state index contributed by atoms with van der Waals surface area (Å²) >= 11 is 0. The maximum Gasteiger partial charge on any atom is 0.338 e. The number of nitro groups is 1. The summed E-state index contributed by atoms with van der Waals surface area (Å²) in [6.07, 6.45) is 3.73. The minimum atomic E-state index is -0.472. The van der Waals surface area contributed by atoms with Gasteiger partial charge in [0.25, 0.3) is 5.69 Å². The molecule has 3 aromatic carbocycles. The average Bonchev–Trinajstić information content (AvgIpc) is 2.78. The fraction of sp³-hybridized carbons (Fsp3) is 0.346. The quantitative estimate of drug-likeness (QED) is 0.261. The number of carbonyl (C=O) groups excluding carboxylic acids is 1. The van der Waals surface area contributed by atoms with Gasteiger partial charge in [0.2, 0.25) is 0 Å². The molecule has 0 radical (unpaired) electrons. The van der Waals surface area contributed by atoms with Crippen molar-refractivity contribution in [1.82, 2.24) is 0 Å². The van der Waals surface area contributed by atoms with Crippen LogP contribution < -0.4 is 0 Å². The van der Waals surface area contributed by atoms with E-state index < -0.39 is 10.9 Å².